The number of nitrogens with zero attached hydrogens (tertiary/aromatic N) is 3. The van der Waals surface area contributed by atoms with Crippen molar-refractivity contribution in [2.45, 2.75) is 44.7 Å². The average molecular weight is 406 g/mol. The van der Waals surface area contributed by atoms with E-state index in [0.29, 0.717) is 30.1 Å². The molecule has 6 nitrogen and oxygen atoms in total. The van der Waals surface area contributed by atoms with E-state index in [1.807, 2.05) is 6.92 Å². The van der Waals surface area contributed by atoms with Crippen LogP contribution in [0.4, 0.5) is 13.2 Å². The van der Waals surface area contributed by atoms with Gasteiger partial charge in [0, 0.05) is 37.2 Å². The van der Waals surface area contributed by atoms with Crippen molar-refractivity contribution >= 4 is 16.9 Å². The first-order chi connectivity index (χ1) is 13.8. The van der Waals surface area contributed by atoms with Gasteiger partial charge in [0.1, 0.15) is 11.5 Å². The fourth-order valence-electron chi connectivity index (χ4n) is 3.76. The molecule has 1 saturated heterocycles. The number of alkyl halides is 3. The maximum Gasteiger partial charge on any atom is 0.433 e. The Hall–Kier alpha value is -2.84. The van der Waals surface area contributed by atoms with Gasteiger partial charge in [0.25, 0.3) is 5.91 Å². The minimum absolute atomic E-state index is 0.00162. The standard InChI is InChI=1S/C20H21F3N4O2/c1-2-4-13-9-17(26-29-13)19(28)27-8-3-5-12(11-27)15-10-16-14(24-15)6-7-18(25-16)20(21,22)23/h6-7,9-10,12,24H,2-5,8,11H2,1H3/t12-/m1/s1. The molecule has 4 rings (SSSR count). The Labute approximate surface area is 165 Å². The molecule has 154 valence electrons. The van der Waals surface area contributed by atoms with Crippen LogP contribution in [-0.4, -0.2) is 39.0 Å². The fraction of sp³-hybridized carbons (Fsp3) is 0.450. The average Bonchev–Trinajstić information content (AvgIpc) is 3.33. The molecular formula is C20H21F3N4O2. The summed E-state index contributed by atoms with van der Waals surface area (Å²) in [4.78, 5) is 21.4. The fourth-order valence-corrected chi connectivity index (χ4v) is 3.76. The van der Waals surface area contributed by atoms with E-state index in [1.54, 1.807) is 17.0 Å². The third-order valence-corrected chi connectivity index (χ3v) is 5.21. The molecule has 0 unspecified atom stereocenters. The summed E-state index contributed by atoms with van der Waals surface area (Å²) >= 11 is 0. The van der Waals surface area contributed by atoms with Gasteiger partial charge in [0.15, 0.2) is 5.69 Å². The first kappa shape index (κ1) is 19.5. The summed E-state index contributed by atoms with van der Waals surface area (Å²) in [5, 5.41) is 3.88. The molecule has 4 heterocycles. The first-order valence-electron chi connectivity index (χ1n) is 9.67. The lowest BCUT2D eigenvalue weighted by Gasteiger charge is -2.31. The zero-order valence-corrected chi connectivity index (χ0v) is 15.9. The summed E-state index contributed by atoms with van der Waals surface area (Å²) in [6.07, 6.45) is -1.22. The minimum Gasteiger partial charge on any atom is -0.361 e. The van der Waals surface area contributed by atoms with Gasteiger partial charge < -0.3 is 14.4 Å². The zero-order valence-electron chi connectivity index (χ0n) is 15.9. The number of fused-ring (bicyclic) bond motifs is 1. The van der Waals surface area contributed by atoms with Crippen molar-refractivity contribution in [2.24, 2.45) is 0 Å². The number of carbonyl (C=O) groups excluding carboxylic acids is 1. The van der Waals surface area contributed by atoms with Gasteiger partial charge in [-0.2, -0.15) is 13.2 Å². The second-order valence-corrected chi connectivity index (χ2v) is 7.37. The molecule has 0 saturated carbocycles. The molecule has 1 aliphatic heterocycles. The van der Waals surface area contributed by atoms with Crippen LogP contribution in [0, 0.1) is 0 Å². The van der Waals surface area contributed by atoms with E-state index in [2.05, 4.69) is 15.1 Å². The van der Waals surface area contributed by atoms with Crippen molar-refractivity contribution in [1.29, 1.82) is 0 Å². The van der Waals surface area contributed by atoms with Gasteiger partial charge in [-0.1, -0.05) is 12.1 Å². The highest BCUT2D eigenvalue weighted by molar-refractivity contribution is 5.92. The third kappa shape index (κ3) is 3.99. The van der Waals surface area contributed by atoms with Crippen LogP contribution in [0.25, 0.3) is 11.0 Å². The number of halogens is 3. The van der Waals surface area contributed by atoms with Crippen LogP contribution < -0.4 is 0 Å². The van der Waals surface area contributed by atoms with Gasteiger partial charge >= 0.3 is 6.18 Å². The number of hydrogen-bond acceptors (Lipinski definition) is 4. The number of piperidine rings is 1. The Kier molecular flexibility index (Phi) is 5.06. The summed E-state index contributed by atoms with van der Waals surface area (Å²) in [7, 11) is 0. The van der Waals surface area contributed by atoms with E-state index in [-0.39, 0.29) is 17.3 Å². The number of pyridine rings is 1. The van der Waals surface area contributed by atoms with Gasteiger partial charge in [-0.05, 0) is 37.5 Å². The van der Waals surface area contributed by atoms with Crippen LogP contribution in [0.15, 0.2) is 28.8 Å². The summed E-state index contributed by atoms with van der Waals surface area (Å²) in [6, 6.07) is 5.70. The maximum absolute atomic E-state index is 12.9. The number of likely N-dealkylation sites (tertiary alicyclic amines) is 1. The number of rotatable bonds is 4. The highest BCUT2D eigenvalue weighted by atomic mass is 19.4. The second kappa shape index (κ2) is 7.53. The number of aromatic nitrogens is 3. The lowest BCUT2D eigenvalue weighted by Crippen LogP contribution is -2.39. The van der Waals surface area contributed by atoms with Crippen LogP contribution in [-0.2, 0) is 12.6 Å². The molecule has 0 spiro atoms. The molecular weight excluding hydrogens is 385 g/mol. The Morgan fingerprint density at radius 1 is 1.34 bits per heavy atom. The smallest absolute Gasteiger partial charge is 0.361 e. The molecule has 0 bridgehead atoms. The normalized spacial score (nSPS) is 17.8. The molecule has 3 aromatic heterocycles. The van der Waals surface area contributed by atoms with Crippen molar-refractivity contribution in [3.63, 3.8) is 0 Å². The number of aryl methyl sites for hydroxylation is 1. The minimum atomic E-state index is -4.48. The van der Waals surface area contributed by atoms with Crippen LogP contribution in [0.2, 0.25) is 0 Å². The molecule has 1 N–H and O–H groups in total. The van der Waals surface area contributed by atoms with Crippen LogP contribution in [0.1, 0.15) is 59.7 Å². The van der Waals surface area contributed by atoms with Crippen molar-refractivity contribution in [2.75, 3.05) is 13.1 Å². The Morgan fingerprint density at radius 2 is 2.17 bits per heavy atom. The number of hydrogen-bond donors (Lipinski definition) is 1. The van der Waals surface area contributed by atoms with Crippen molar-refractivity contribution in [3.8, 4) is 0 Å². The van der Waals surface area contributed by atoms with Crippen LogP contribution >= 0.6 is 0 Å². The predicted octanol–water partition coefficient (Wildman–Crippen LogP) is 4.54. The van der Waals surface area contributed by atoms with Gasteiger partial charge in [-0.3, -0.25) is 4.79 Å². The van der Waals surface area contributed by atoms with E-state index >= 15 is 0 Å². The molecule has 0 aliphatic carbocycles. The van der Waals surface area contributed by atoms with Crippen molar-refractivity contribution in [1.82, 2.24) is 20.0 Å². The monoisotopic (exact) mass is 406 g/mol. The molecule has 9 heteroatoms. The van der Waals surface area contributed by atoms with Gasteiger partial charge in [0.05, 0.1) is 11.0 Å². The molecule has 1 aliphatic rings. The zero-order chi connectivity index (χ0) is 20.6. The molecule has 1 fully saturated rings. The number of nitrogens with one attached hydrogen (secondary N) is 1. The summed E-state index contributed by atoms with van der Waals surface area (Å²) < 4.78 is 43.9. The Bertz CT molecular complexity index is 1020. The number of carbonyl (C=O) groups is 1. The van der Waals surface area contributed by atoms with E-state index in [4.69, 9.17) is 4.52 Å². The van der Waals surface area contributed by atoms with E-state index in [1.165, 1.54) is 6.07 Å². The molecule has 1 amide bonds. The lowest BCUT2D eigenvalue weighted by atomic mass is 9.94. The maximum atomic E-state index is 12.9. The van der Waals surface area contributed by atoms with Crippen molar-refractivity contribution < 1.29 is 22.5 Å². The Morgan fingerprint density at radius 3 is 2.93 bits per heavy atom. The number of H-pyrrole nitrogens is 1. The SMILES string of the molecule is CCCc1cc(C(=O)N2CCC[C@@H](c3cc4nc(C(F)(F)F)ccc4[nH]3)C2)no1. The first-order valence-corrected chi connectivity index (χ1v) is 9.67. The quantitative estimate of drug-likeness (QED) is 0.690. The summed E-state index contributed by atoms with van der Waals surface area (Å²) in [5.74, 6) is 0.499. The van der Waals surface area contributed by atoms with E-state index in [0.717, 1.165) is 37.4 Å². The van der Waals surface area contributed by atoms with Gasteiger partial charge in [0.2, 0.25) is 0 Å². The van der Waals surface area contributed by atoms with Gasteiger partial charge in [-0.25, -0.2) is 4.98 Å². The Balaban J connectivity index is 1.52. The summed E-state index contributed by atoms with van der Waals surface area (Å²) in [6.45, 7) is 3.10. The highest BCUT2D eigenvalue weighted by Crippen LogP contribution is 2.32. The van der Waals surface area contributed by atoms with Gasteiger partial charge in [-0.15, -0.1) is 0 Å². The van der Waals surface area contributed by atoms with Crippen LogP contribution in [0.5, 0.6) is 0 Å². The second-order valence-electron chi connectivity index (χ2n) is 7.37. The lowest BCUT2D eigenvalue weighted by molar-refractivity contribution is -0.140. The third-order valence-electron chi connectivity index (χ3n) is 5.21. The van der Waals surface area contributed by atoms with E-state index < -0.39 is 11.9 Å². The number of aromatic amines is 1. The molecule has 1 atom stereocenters. The summed E-state index contributed by atoms with van der Waals surface area (Å²) in [5.41, 5.74) is 0.999. The largest absolute Gasteiger partial charge is 0.433 e. The predicted molar refractivity (Wildman–Crippen MR) is 99.5 cm³/mol. The topological polar surface area (TPSA) is 75.0 Å². The number of amides is 1. The van der Waals surface area contributed by atoms with Crippen molar-refractivity contribution in [3.05, 3.63) is 47.1 Å². The molecule has 0 aromatic carbocycles. The molecule has 29 heavy (non-hydrogen) atoms. The highest BCUT2D eigenvalue weighted by Gasteiger charge is 2.33. The molecule has 3 aromatic rings. The van der Waals surface area contributed by atoms with E-state index in [9.17, 15) is 18.0 Å². The van der Waals surface area contributed by atoms with Crippen LogP contribution in [0.3, 0.4) is 0 Å². The molecule has 0 radical (unpaired) electrons.